The molecule has 3 N–H and O–H groups in total. The lowest BCUT2D eigenvalue weighted by molar-refractivity contribution is -0.117. The second kappa shape index (κ2) is 7.53. The highest BCUT2D eigenvalue weighted by molar-refractivity contribution is 5.93. The lowest BCUT2D eigenvalue weighted by Gasteiger charge is -2.09. The normalized spacial score (nSPS) is 10.3. The number of amides is 2. The third kappa shape index (κ3) is 6.01. The van der Waals surface area contributed by atoms with Crippen molar-refractivity contribution in [1.29, 1.82) is 0 Å². The van der Waals surface area contributed by atoms with E-state index in [1.807, 2.05) is 13.8 Å². The fourth-order valence-corrected chi connectivity index (χ4v) is 1.59. The Bertz CT molecular complexity index is 427. The van der Waals surface area contributed by atoms with Crippen LogP contribution in [0, 0.1) is 5.92 Å². The smallest absolute Gasteiger partial charge is 0.238 e. The van der Waals surface area contributed by atoms with E-state index in [0.717, 1.165) is 5.69 Å². The number of hydrogen-bond donors (Lipinski definition) is 3. The number of hydrogen-bond acceptors (Lipinski definition) is 3. The SMILES string of the molecule is CNCC(=O)Nc1ccc(NC(=O)CC(C)C)cc1. The summed E-state index contributed by atoms with van der Waals surface area (Å²) in [4.78, 5) is 22.9. The van der Waals surface area contributed by atoms with Crippen molar-refractivity contribution < 1.29 is 9.59 Å². The minimum Gasteiger partial charge on any atom is -0.326 e. The van der Waals surface area contributed by atoms with Crippen molar-refractivity contribution in [1.82, 2.24) is 5.32 Å². The summed E-state index contributed by atoms with van der Waals surface area (Å²) >= 11 is 0. The number of benzene rings is 1. The second-order valence-corrected chi connectivity index (χ2v) is 4.80. The van der Waals surface area contributed by atoms with Crippen LogP contribution in [0.3, 0.4) is 0 Å². The summed E-state index contributed by atoms with van der Waals surface area (Å²) < 4.78 is 0. The van der Waals surface area contributed by atoms with Crippen molar-refractivity contribution >= 4 is 23.2 Å². The lowest BCUT2D eigenvalue weighted by atomic mass is 10.1. The summed E-state index contributed by atoms with van der Waals surface area (Å²) in [6, 6.07) is 7.07. The second-order valence-electron chi connectivity index (χ2n) is 4.80. The van der Waals surface area contributed by atoms with E-state index in [1.54, 1.807) is 31.3 Å². The van der Waals surface area contributed by atoms with Gasteiger partial charge in [-0.2, -0.15) is 0 Å². The first-order valence-electron chi connectivity index (χ1n) is 6.35. The highest BCUT2D eigenvalue weighted by atomic mass is 16.2. The monoisotopic (exact) mass is 263 g/mol. The molecule has 1 aromatic carbocycles. The van der Waals surface area contributed by atoms with E-state index in [0.29, 0.717) is 18.0 Å². The molecule has 0 aliphatic carbocycles. The minimum absolute atomic E-state index is 0.00182. The average molecular weight is 263 g/mol. The van der Waals surface area contributed by atoms with Crippen molar-refractivity contribution in [3.8, 4) is 0 Å². The lowest BCUT2D eigenvalue weighted by Crippen LogP contribution is -2.25. The zero-order chi connectivity index (χ0) is 14.3. The van der Waals surface area contributed by atoms with E-state index in [-0.39, 0.29) is 18.4 Å². The minimum atomic E-state index is -0.0981. The molecule has 0 saturated heterocycles. The Hall–Kier alpha value is -1.88. The third-order valence-electron chi connectivity index (χ3n) is 2.38. The van der Waals surface area contributed by atoms with Gasteiger partial charge in [0, 0.05) is 17.8 Å². The number of likely N-dealkylation sites (N-methyl/N-ethyl adjacent to an activating group) is 1. The largest absolute Gasteiger partial charge is 0.326 e. The predicted octanol–water partition coefficient (Wildman–Crippen LogP) is 1.83. The highest BCUT2D eigenvalue weighted by Gasteiger charge is 2.05. The Morgan fingerprint density at radius 1 is 1.00 bits per heavy atom. The number of carbonyl (C=O) groups is 2. The standard InChI is InChI=1S/C14H21N3O2/c1-10(2)8-13(18)16-11-4-6-12(7-5-11)17-14(19)9-15-3/h4-7,10,15H,8-9H2,1-3H3,(H,16,18)(H,17,19). The molecule has 0 aromatic heterocycles. The summed E-state index contributed by atoms with van der Waals surface area (Å²) in [5, 5.41) is 8.33. The first-order chi connectivity index (χ1) is 9.01. The fraction of sp³-hybridized carbons (Fsp3) is 0.429. The molecule has 5 heteroatoms. The summed E-state index contributed by atoms with van der Waals surface area (Å²) in [7, 11) is 1.72. The van der Waals surface area contributed by atoms with Crippen LogP contribution in [0.5, 0.6) is 0 Å². The van der Waals surface area contributed by atoms with E-state index < -0.39 is 0 Å². The molecule has 0 aliphatic heterocycles. The van der Waals surface area contributed by atoms with Crippen LogP contribution in [0.25, 0.3) is 0 Å². The van der Waals surface area contributed by atoms with E-state index in [1.165, 1.54) is 0 Å². The van der Waals surface area contributed by atoms with Gasteiger partial charge in [-0.1, -0.05) is 13.8 Å². The van der Waals surface area contributed by atoms with E-state index in [4.69, 9.17) is 0 Å². The molecule has 0 saturated carbocycles. The van der Waals surface area contributed by atoms with E-state index in [2.05, 4.69) is 16.0 Å². The Morgan fingerprint density at radius 2 is 1.47 bits per heavy atom. The maximum atomic E-state index is 11.6. The van der Waals surface area contributed by atoms with Crippen LogP contribution >= 0.6 is 0 Å². The van der Waals surface area contributed by atoms with Gasteiger partial charge in [0.05, 0.1) is 6.54 Å². The molecule has 0 atom stereocenters. The zero-order valence-electron chi connectivity index (χ0n) is 11.6. The molecular formula is C14H21N3O2. The Morgan fingerprint density at radius 3 is 1.89 bits per heavy atom. The molecule has 0 heterocycles. The first kappa shape index (κ1) is 15.2. The molecule has 0 spiro atoms. The Labute approximate surface area is 113 Å². The van der Waals surface area contributed by atoms with Gasteiger partial charge < -0.3 is 16.0 Å². The molecule has 0 bridgehead atoms. The number of rotatable bonds is 6. The number of carbonyl (C=O) groups excluding carboxylic acids is 2. The van der Waals surface area contributed by atoms with Gasteiger partial charge in [-0.15, -0.1) is 0 Å². The van der Waals surface area contributed by atoms with Crippen LogP contribution in [0.4, 0.5) is 11.4 Å². The summed E-state index contributed by atoms with van der Waals surface area (Å²) in [5.41, 5.74) is 1.44. The summed E-state index contributed by atoms with van der Waals surface area (Å²) in [6.45, 7) is 4.27. The number of anilines is 2. The van der Waals surface area contributed by atoms with Gasteiger partial charge in [-0.25, -0.2) is 0 Å². The van der Waals surface area contributed by atoms with Crippen molar-refractivity contribution in [3.63, 3.8) is 0 Å². The van der Waals surface area contributed by atoms with Crippen LogP contribution in [-0.2, 0) is 9.59 Å². The van der Waals surface area contributed by atoms with E-state index in [9.17, 15) is 9.59 Å². The summed E-state index contributed by atoms with van der Waals surface area (Å²) in [5.74, 6) is 0.237. The Kier molecular flexibility index (Phi) is 6.02. The third-order valence-corrected chi connectivity index (χ3v) is 2.38. The number of nitrogens with one attached hydrogen (secondary N) is 3. The van der Waals surface area contributed by atoms with Gasteiger partial charge in [-0.3, -0.25) is 9.59 Å². The molecule has 0 aliphatic rings. The summed E-state index contributed by atoms with van der Waals surface area (Å²) in [6.07, 6.45) is 0.501. The quantitative estimate of drug-likeness (QED) is 0.733. The maximum absolute atomic E-state index is 11.6. The van der Waals surface area contributed by atoms with Crippen molar-refractivity contribution in [2.45, 2.75) is 20.3 Å². The molecule has 1 aromatic rings. The van der Waals surface area contributed by atoms with Gasteiger partial charge in [0.2, 0.25) is 11.8 Å². The Balaban J connectivity index is 2.52. The van der Waals surface area contributed by atoms with Crippen LogP contribution in [-0.4, -0.2) is 25.4 Å². The topological polar surface area (TPSA) is 70.2 Å². The molecular weight excluding hydrogens is 242 g/mol. The fourth-order valence-electron chi connectivity index (χ4n) is 1.59. The molecule has 104 valence electrons. The maximum Gasteiger partial charge on any atom is 0.238 e. The zero-order valence-corrected chi connectivity index (χ0v) is 11.6. The van der Waals surface area contributed by atoms with E-state index >= 15 is 0 Å². The van der Waals surface area contributed by atoms with Crippen LogP contribution in [0.15, 0.2) is 24.3 Å². The van der Waals surface area contributed by atoms with Gasteiger partial charge in [0.1, 0.15) is 0 Å². The van der Waals surface area contributed by atoms with Crippen molar-refractivity contribution in [3.05, 3.63) is 24.3 Å². The van der Waals surface area contributed by atoms with Gasteiger partial charge in [-0.05, 0) is 37.2 Å². The molecule has 0 radical (unpaired) electrons. The first-order valence-corrected chi connectivity index (χ1v) is 6.35. The van der Waals surface area contributed by atoms with Crippen molar-refractivity contribution in [2.75, 3.05) is 24.2 Å². The molecule has 19 heavy (non-hydrogen) atoms. The van der Waals surface area contributed by atoms with Crippen LogP contribution < -0.4 is 16.0 Å². The molecule has 1 rings (SSSR count). The van der Waals surface area contributed by atoms with Crippen LogP contribution in [0.1, 0.15) is 20.3 Å². The molecule has 5 nitrogen and oxygen atoms in total. The van der Waals surface area contributed by atoms with Gasteiger partial charge in [0.15, 0.2) is 0 Å². The van der Waals surface area contributed by atoms with Gasteiger partial charge >= 0.3 is 0 Å². The van der Waals surface area contributed by atoms with Crippen LogP contribution in [0.2, 0.25) is 0 Å². The highest BCUT2D eigenvalue weighted by Crippen LogP contribution is 2.14. The molecule has 2 amide bonds. The molecule has 0 fully saturated rings. The predicted molar refractivity (Wildman–Crippen MR) is 77.1 cm³/mol. The van der Waals surface area contributed by atoms with Gasteiger partial charge in [0.25, 0.3) is 0 Å². The average Bonchev–Trinajstić information content (AvgIpc) is 2.31. The molecule has 0 unspecified atom stereocenters. The van der Waals surface area contributed by atoms with Crippen molar-refractivity contribution in [2.24, 2.45) is 5.92 Å².